The van der Waals surface area contributed by atoms with Gasteiger partial charge in [0.05, 0.1) is 9.88 Å². The second kappa shape index (κ2) is 11.0. The predicted molar refractivity (Wildman–Crippen MR) is 147 cm³/mol. The van der Waals surface area contributed by atoms with Gasteiger partial charge in [0.25, 0.3) is 0 Å². The molecule has 0 unspecified atom stereocenters. The van der Waals surface area contributed by atoms with Gasteiger partial charge in [-0.25, -0.2) is 9.97 Å². The molecule has 1 aliphatic heterocycles. The van der Waals surface area contributed by atoms with Gasteiger partial charge in [-0.3, -0.25) is 9.59 Å². The fraction of sp³-hybridized carbons (Fsp3) is 0.448. The quantitative estimate of drug-likeness (QED) is 0.405. The standard InChI is InChI=1S/C29H36N4O2S/c1-19-16-22(7-6-20(19)8-9-24(34)25-18-31-28(36-25)29(2,3)4)23-10-13-30-26(17-23)32-27(35)21-11-14-33(5)15-12-21/h6-7,10,13,16-18,21H,8-9,11-12,14-15H2,1-5H3,(H,30,32,35). The first kappa shape index (κ1) is 26.2. The van der Waals surface area contributed by atoms with Crippen LogP contribution in [0.3, 0.4) is 0 Å². The molecule has 1 fully saturated rings. The number of aryl methyl sites for hydroxylation is 2. The number of aromatic nitrogens is 2. The molecule has 1 aromatic carbocycles. The number of amides is 1. The average Bonchev–Trinajstić information content (AvgIpc) is 3.35. The van der Waals surface area contributed by atoms with Crippen LogP contribution in [-0.2, 0) is 16.6 Å². The van der Waals surface area contributed by atoms with Gasteiger partial charge in [-0.1, -0.05) is 39.0 Å². The molecule has 1 N–H and O–H groups in total. The number of nitrogens with zero attached hydrogens (tertiary/aromatic N) is 3. The monoisotopic (exact) mass is 504 g/mol. The van der Waals surface area contributed by atoms with Gasteiger partial charge in [-0.05, 0) is 80.7 Å². The minimum atomic E-state index is -0.0435. The van der Waals surface area contributed by atoms with Crippen molar-refractivity contribution in [1.29, 1.82) is 0 Å². The number of hydrogen-bond acceptors (Lipinski definition) is 6. The molecule has 1 aliphatic rings. The Morgan fingerprint density at radius 3 is 2.47 bits per heavy atom. The summed E-state index contributed by atoms with van der Waals surface area (Å²) in [6.07, 6.45) is 6.38. The summed E-state index contributed by atoms with van der Waals surface area (Å²) in [6, 6.07) is 10.2. The molecule has 4 rings (SSSR count). The lowest BCUT2D eigenvalue weighted by Crippen LogP contribution is -2.36. The second-order valence-corrected chi connectivity index (χ2v) is 11.9. The first-order chi connectivity index (χ1) is 17.1. The number of piperidine rings is 1. The zero-order chi connectivity index (χ0) is 25.9. The van der Waals surface area contributed by atoms with Crippen LogP contribution in [0.5, 0.6) is 0 Å². The SMILES string of the molecule is Cc1cc(-c2ccnc(NC(=O)C3CCN(C)CC3)c2)ccc1CCC(=O)c1cnc(C(C)(C)C)s1. The Balaban J connectivity index is 1.39. The van der Waals surface area contributed by atoms with E-state index >= 15 is 0 Å². The summed E-state index contributed by atoms with van der Waals surface area (Å²) in [7, 11) is 2.09. The third-order valence-electron chi connectivity index (χ3n) is 6.82. The summed E-state index contributed by atoms with van der Waals surface area (Å²) in [5, 5.41) is 4.00. The first-order valence-corrected chi connectivity index (χ1v) is 13.5. The van der Waals surface area contributed by atoms with Crippen LogP contribution >= 0.6 is 11.3 Å². The molecule has 0 saturated carbocycles. The highest BCUT2D eigenvalue weighted by molar-refractivity contribution is 7.13. The van der Waals surface area contributed by atoms with Crippen LogP contribution in [0.1, 0.15) is 65.8 Å². The summed E-state index contributed by atoms with van der Waals surface area (Å²) >= 11 is 1.50. The summed E-state index contributed by atoms with van der Waals surface area (Å²) in [4.78, 5) is 37.2. The molecular weight excluding hydrogens is 468 g/mol. The predicted octanol–water partition coefficient (Wildman–Crippen LogP) is 5.91. The molecule has 0 bridgehead atoms. The fourth-order valence-electron chi connectivity index (χ4n) is 4.45. The normalized spacial score (nSPS) is 15.1. The maximum Gasteiger partial charge on any atom is 0.228 e. The lowest BCUT2D eigenvalue weighted by Gasteiger charge is -2.27. The van der Waals surface area contributed by atoms with Crippen molar-refractivity contribution in [3.05, 3.63) is 63.7 Å². The zero-order valence-electron chi connectivity index (χ0n) is 21.9. The Hall–Kier alpha value is -2.90. The lowest BCUT2D eigenvalue weighted by molar-refractivity contribution is -0.121. The first-order valence-electron chi connectivity index (χ1n) is 12.6. The van der Waals surface area contributed by atoms with E-state index in [2.05, 4.69) is 73.1 Å². The highest BCUT2D eigenvalue weighted by Crippen LogP contribution is 2.29. The number of carbonyl (C=O) groups excluding carboxylic acids is 2. The van der Waals surface area contributed by atoms with Crippen molar-refractivity contribution in [3.8, 4) is 11.1 Å². The van der Waals surface area contributed by atoms with E-state index in [-0.39, 0.29) is 23.0 Å². The molecule has 3 heterocycles. The Bertz CT molecular complexity index is 1240. The van der Waals surface area contributed by atoms with Crippen molar-refractivity contribution in [2.75, 3.05) is 25.5 Å². The molecule has 0 atom stereocenters. The van der Waals surface area contributed by atoms with Gasteiger partial charge < -0.3 is 10.2 Å². The molecular formula is C29H36N4O2S. The van der Waals surface area contributed by atoms with Crippen molar-refractivity contribution < 1.29 is 9.59 Å². The van der Waals surface area contributed by atoms with Gasteiger partial charge in [-0.2, -0.15) is 0 Å². The summed E-state index contributed by atoms with van der Waals surface area (Å²) in [6.45, 7) is 10.3. The van der Waals surface area contributed by atoms with Crippen LogP contribution in [0, 0.1) is 12.8 Å². The van der Waals surface area contributed by atoms with Crippen LogP contribution in [0.25, 0.3) is 11.1 Å². The van der Waals surface area contributed by atoms with E-state index in [9.17, 15) is 9.59 Å². The number of thiazole rings is 1. The van der Waals surface area contributed by atoms with Crippen LogP contribution in [0.2, 0.25) is 0 Å². The van der Waals surface area contributed by atoms with E-state index < -0.39 is 0 Å². The van der Waals surface area contributed by atoms with Crippen LogP contribution in [0.4, 0.5) is 5.82 Å². The molecule has 7 heteroatoms. The zero-order valence-corrected chi connectivity index (χ0v) is 22.7. The van der Waals surface area contributed by atoms with E-state index in [1.807, 2.05) is 12.1 Å². The minimum absolute atomic E-state index is 0.0425. The fourth-order valence-corrected chi connectivity index (χ4v) is 5.40. The van der Waals surface area contributed by atoms with Gasteiger partial charge in [0, 0.05) is 30.1 Å². The van der Waals surface area contributed by atoms with Crippen LogP contribution < -0.4 is 5.32 Å². The molecule has 6 nitrogen and oxygen atoms in total. The van der Waals surface area contributed by atoms with Crippen LogP contribution in [0.15, 0.2) is 42.7 Å². The number of rotatable bonds is 7. The maximum atomic E-state index is 12.7. The number of anilines is 1. The largest absolute Gasteiger partial charge is 0.310 e. The van der Waals surface area contributed by atoms with Gasteiger partial charge in [0.15, 0.2) is 5.78 Å². The Morgan fingerprint density at radius 1 is 1.08 bits per heavy atom. The molecule has 190 valence electrons. The van der Waals surface area contributed by atoms with E-state index in [4.69, 9.17) is 0 Å². The Kier molecular flexibility index (Phi) is 8.00. The van der Waals surface area contributed by atoms with Gasteiger partial charge in [0.2, 0.25) is 5.91 Å². The van der Waals surface area contributed by atoms with Crippen molar-refractivity contribution in [2.24, 2.45) is 5.92 Å². The molecule has 36 heavy (non-hydrogen) atoms. The minimum Gasteiger partial charge on any atom is -0.310 e. The van der Waals surface area contributed by atoms with E-state index in [1.165, 1.54) is 11.3 Å². The van der Waals surface area contributed by atoms with Gasteiger partial charge >= 0.3 is 0 Å². The maximum absolute atomic E-state index is 12.7. The van der Waals surface area contributed by atoms with Crippen LogP contribution in [-0.4, -0.2) is 46.7 Å². The smallest absolute Gasteiger partial charge is 0.228 e. The van der Waals surface area contributed by atoms with Gasteiger partial charge in [-0.15, -0.1) is 11.3 Å². The number of nitrogens with one attached hydrogen (secondary N) is 1. The number of pyridine rings is 1. The molecule has 3 aromatic rings. The number of benzene rings is 1. The molecule has 0 spiro atoms. The number of hydrogen-bond donors (Lipinski definition) is 1. The molecule has 2 aromatic heterocycles. The van der Waals surface area contributed by atoms with Crippen molar-refractivity contribution in [2.45, 2.75) is 58.8 Å². The topological polar surface area (TPSA) is 75.2 Å². The van der Waals surface area contributed by atoms with Crippen molar-refractivity contribution in [1.82, 2.24) is 14.9 Å². The summed E-state index contributed by atoms with van der Waals surface area (Å²) < 4.78 is 0. The third kappa shape index (κ3) is 6.45. The molecule has 0 aliphatic carbocycles. The molecule has 1 amide bonds. The number of likely N-dealkylation sites (tertiary alicyclic amines) is 1. The highest BCUT2D eigenvalue weighted by Gasteiger charge is 2.24. The second-order valence-electron chi connectivity index (χ2n) is 10.8. The number of ketones is 1. The van der Waals surface area contributed by atoms with Crippen molar-refractivity contribution in [3.63, 3.8) is 0 Å². The Morgan fingerprint density at radius 2 is 1.81 bits per heavy atom. The van der Waals surface area contributed by atoms with E-state index in [1.54, 1.807) is 12.4 Å². The van der Waals surface area contributed by atoms with E-state index in [0.717, 1.165) is 58.1 Å². The third-order valence-corrected chi connectivity index (χ3v) is 8.28. The lowest BCUT2D eigenvalue weighted by atomic mass is 9.96. The van der Waals surface area contributed by atoms with E-state index in [0.29, 0.717) is 18.7 Å². The Labute approximate surface area is 218 Å². The van der Waals surface area contributed by atoms with Crippen molar-refractivity contribution >= 4 is 28.8 Å². The summed E-state index contributed by atoms with van der Waals surface area (Å²) in [5.41, 5.74) is 4.34. The average molecular weight is 505 g/mol. The summed E-state index contributed by atoms with van der Waals surface area (Å²) in [5.74, 6) is 0.828. The number of Topliss-reactive ketones (excluding diaryl/α,β-unsaturated/α-hetero) is 1. The molecule has 1 saturated heterocycles. The molecule has 0 radical (unpaired) electrons. The highest BCUT2D eigenvalue weighted by atomic mass is 32.1. The van der Waals surface area contributed by atoms with Gasteiger partial charge in [0.1, 0.15) is 5.82 Å². The number of carbonyl (C=O) groups is 2.